The predicted molar refractivity (Wildman–Crippen MR) is 74.7 cm³/mol. The number of fused-ring (bicyclic) bond motifs is 1. The van der Waals surface area contributed by atoms with Gasteiger partial charge in [0.15, 0.2) is 0 Å². The number of nitrogens with one attached hydrogen (secondary N) is 1. The van der Waals surface area contributed by atoms with Crippen LogP contribution in [0.15, 0.2) is 4.42 Å². The highest BCUT2D eigenvalue weighted by Gasteiger charge is 2.23. The summed E-state index contributed by atoms with van der Waals surface area (Å²) in [5.74, 6) is 0.294. The van der Waals surface area contributed by atoms with Crippen molar-refractivity contribution in [2.45, 2.75) is 45.6 Å². The predicted octanol–water partition coefficient (Wildman–Crippen LogP) is 1.51. The number of carbonyl (C=O) groups excluding carboxylic acids is 1. The maximum absolute atomic E-state index is 12.3. The number of hydrogen-bond donors (Lipinski definition) is 1. The molecule has 2 aromatic heterocycles. The SMILES string of the molecule is CCCc1nnc(C(=O)N(C)Cc2n[nH]c3c2CCC3)o1. The summed E-state index contributed by atoms with van der Waals surface area (Å²) in [6.45, 7) is 2.48. The lowest BCUT2D eigenvalue weighted by Crippen LogP contribution is -2.27. The van der Waals surface area contributed by atoms with Gasteiger partial charge >= 0.3 is 11.8 Å². The normalized spacial score (nSPS) is 13.4. The molecule has 0 bridgehead atoms. The fourth-order valence-corrected chi connectivity index (χ4v) is 2.63. The molecule has 2 heterocycles. The topological polar surface area (TPSA) is 87.9 Å². The molecule has 21 heavy (non-hydrogen) atoms. The van der Waals surface area contributed by atoms with Crippen molar-refractivity contribution in [3.05, 3.63) is 28.7 Å². The first kappa shape index (κ1) is 13.8. The third kappa shape index (κ3) is 2.68. The van der Waals surface area contributed by atoms with E-state index < -0.39 is 0 Å². The third-order valence-corrected chi connectivity index (χ3v) is 3.74. The van der Waals surface area contributed by atoms with Crippen molar-refractivity contribution in [2.24, 2.45) is 0 Å². The van der Waals surface area contributed by atoms with Crippen LogP contribution in [0.2, 0.25) is 0 Å². The molecular formula is C14H19N5O2. The molecule has 3 rings (SSSR count). The van der Waals surface area contributed by atoms with Gasteiger partial charge in [0.2, 0.25) is 5.89 Å². The zero-order valence-corrected chi connectivity index (χ0v) is 12.3. The molecule has 0 atom stereocenters. The molecule has 7 heteroatoms. The minimum absolute atomic E-state index is 0.0492. The Morgan fingerprint density at radius 3 is 3.05 bits per heavy atom. The third-order valence-electron chi connectivity index (χ3n) is 3.74. The minimum Gasteiger partial charge on any atom is -0.417 e. The van der Waals surface area contributed by atoms with E-state index in [1.165, 1.54) is 11.3 Å². The highest BCUT2D eigenvalue weighted by molar-refractivity contribution is 5.89. The first-order valence-electron chi connectivity index (χ1n) is 7.32. The summed E-state index contributed by atoms with van der Waals surface area (Å²) in [4.78, 5) is 13.8. The molecule has 1 aliphatic carbocycles. The summed E-state index contributed by atoms with van der Waals surface area (Å²) < 4.78 is 5.38. The first-order valence-corrected chi connectivity index (χ1v) is 7.32. The van der Waals surface area contributed by atoms with Gasteiger partial charge in [0.05, 0.1) is 12.2 Å². The van der Waals surface area contributed by atoms with Crippen LogP contribution in [0.1, 0.15) is 53.3 Å². The molecule has 1 aliphatic rings. The van der Waals surface area contributed by atoms with Crippen LogP contribution in [0.3, 0.4) is 0 Å². The van der Waals surface area contributed by atoms with E-state index in [1.807, 2.05) is 6.92 Å². The lowest BCUT2D eigenvalue weighted by molar-refractivity contribution is 0.0741. The monoisotopic (exact) mass is 289 g/mol. The van der Waals surface area contributed by atoms with Crippen LogP contribution in [0.25, 0.3) is 0 Å². The number of carbonyl (C=O) groups is 1. The molecule has 1 amide bonds. The van der Waals surface area contributed by atoms with Crippen molar-refractivity contribution < 1.29 is 9.21 Å². The summed E-state index contributed by atoms with van der Waals surface area (Å²) in [6.07, 6.45) is 4.83. The Balaban J connectivity index is 1.69. The van der Waals surface area contributed by atoms with E-state index in [0.29, 0.717) is 18.9 Å². The number of nitrogens with zero attached hydrogens (tertiary/aromatic N) is 4. The molecule has 1 N–H and O–H groups in total. The summed E-state index contributed by atoms with van der Waals surface area (Å²) in [7, 11) is 1.72. The summed E-state index contributed by atoms with van der Waals surface area (Å²) in [6, 6.07) is 0. The number of aromatic amines is 1. The second-order valence-corrected chi connectivity index (χ2v) is 5.39. The molecule has 2 aromatic rings. The molecule has 0 saturated carbocycles. The van der Waals surface area contributed by atoms with Gasteiger partial charge in [-0.05, 0) is 31.2 Å². The molecular weight excluding hydrogens is 270 g/mol. The molecule has 0 spiro atoms. The molecule has 0 fully saturated rings. The van der Waals surface area contributed by atoms with Crippen molar-refractivity contribution in [1.29, 1.82) is 0 Å². The van der Waals surface area contributed by atoms with Crippen molar-refractivity contribution in [3.8, 4) is 0 Å². The average Bonchev–Trinajstić information content (AvgIpc) is 3.16. The van der Waals surface area contributed by atoms with Gasteiger partial charge in [0, 0.05) is 19.2 Å². The van der Waals surface area contributed by atoms with Crippen molar-refractivity contribution in [3.63, 3.8) is 0 Å². The summed E-state index contributed by atoms with van der Waals surface area (Å²) >= 11 is 0. The van der Waals surface area contributed by atoms with Gasteiger partial charge < -0.3 is 9.32 Å². The van der Waals surface area contributed by atoms with Crippen LogP contribution in [0.4, 0.5) is 0 Å². The number of aryl methyl sites for hydroxylation is 2. The highest BCUT2D eigenvalue weighted by atomic mass is 16.4. The molecule has 0 radical (unpaired) electrons. The van der Waals surface area contributed by atoms with Crippen molar-refractivity contribution in [1.82, 2.24) is 25.3 Å². The maximum atomic E-state index is 12.3. The van der Waals surface area contributed by atoms with Crippen LogP contribution in [0.5, 0.6) is 0 Å². The van der Waals surface area contributed by atoms with E-state index in [2.05, 4.69) is 20.4 Å². The molecule has 0 unspecified atom stereocenters. The highest BCUT2D eigenvalue weighted by Crippen LogP contribution is 2.23. The van der Waals surface area contributed by atoms with E-state index in [1.54, 1.807) is 11.9 Å². The molecule has 0 saturated heterocycles. The largest absolute Gasteiger partial charge is 0.417 e. The van der Waals surface area contributed by atoms with Gasteiger partial charge in [-0.3, -0.25) is 9.89 Å². The Morgan fingerprint density at radius 1 is 1.38 bits per heavy atom. The second-order valence-electron chi connectivity index (χ2n) is 5.39. The number of amides is 1. The van der Waals surface area contributed by atoms with Gasteiger partial charge in [-0.15, -0.1) is 10.2 Å². The zero-order valence-electron chi connectivity index (χ0n) is 12.3. The Bertz CT molecular complexity index is 646. The second kappa shape index (κ2) is 5.67. The number of H-pyrrole nitrogens is 1. The quantitative estimate of drug-likeness (QED) is 0.901. The zero-order chi connectivity index (χ0) is 14.8. The number of hydrogen-bond acceptors (Lipinski definition) is 5. The first-order chi connectivity index (χ1) is 10.2. The van der Waals surface area contributed by atoms with Crippen LogP contribution >= 0.6 is 0 Å². The van der Waals surface area contributed by atoms with Crippen molar-refractivity contribution in [2.75, 3.05) is 7.05 Å². The Hall–Kier alpha value is -2.18. The molecule has 0 aliphatic heterocycles. The van der Waals surface area contributed by atoms with Crippen LogP contribution < -0.4 is 0 Å². The fourth-order valence-electron chi connectivity index (χ4n) is 2.63. The fraction of sp³-hybridized carbons (Fsp3) is 0.571. The Morgan fingerprint density at radius 2 is 2.24 bits per heavy atom. The van der Waals surface area contributed by atoms with Crippen molar-refractivity contribution >= 4 is 5.91 Å². The molecule has 7 nitrogen and oxygen atoms in total. The van der Waals surface area contributed by atoms with E-state index >= 15 is 0 Å². The molecule has 112 valence electrons. The van der Waals surface area contributed by atoms with Gasteiger partial charge in [-0.1, -0.05) is 6.92 Å². The average molecular weight is 289 g/mol. The minimum atomic E-state index is -0.264. The Kier molecular flexibility index (Phi) is 3.72. The molecule has 0 aromatic carbocycles. The number of aromatic nitrogens is 4. The lowest BCUT2D eigenvalue weighted by Gasteiger charge is -2.13. The van der Waals surface area contributed by atoms with Gasteiger partial charge in [-0.25, -0.2) is 0 Å². The smallest absolute Gasteiger partial charge is 0.311 e. The number of rotatable bonds is 5. The van der Waals surface area contributed by atoms with Gasteiger partial charge in [-0.2, -0.15) is 5.10 Å². The lowest BCUT2D eigenvalue weighted by atomic mass is 10.2. The van der Waals surface area contributed by atoms with Gasteiger partial charge in [0.1, 0.15) is 0 Å². The van der Waals surface area contributed by atoms with E-state index in [4.69, 9.17) is 4.42 Å². The summed E-state index contributed by atoms with van der Waals surface area (Å²) in [5, 5.41) is 15.1. The summed E-state index contributed by atoms with van der Waals surface area (Å²) in [5.41, 5.74) is 3.40. The maximum Gasteiger partial charge on any atom is 0.311 e. The van der Waals surface area contributed by atoms with Crippen LogP contribution in [-0.2, 0) is 25.8 Å². The van der Waals surface area contributed by atoms with Gasteiger partial charge in [0.25, 0.3) is 0 Å². The van der Waals surface area contributed by atoms with Crippen LogP contribution in [0, 0.1) is 0 Å². The Labute approximate surface area is 122 Å². The van der Waals surface area contributed by atoms with E-state index in [0.717, 1.165) is 31.4 Å². The van der Waals surface area contributed by atoms with E-state index in [-0.39, 0.29) is 11.8 Å². The van der Waals surface area contributed by atoms with E-state index in [9.17, 15) is 4.79 Å². The van der Waals surface area contributed by atoms with Crippen LogP contribution in [-0.4, -0.2) is 38.2 Å². The standard InChI is InChI=1S/C14H19N5O2/c1-3-5-12-17-18-13(21-12)14(20)19(2)8-11-9-6-4-7-10(9)15-16-11/h3-8H2,1-2H3,(H,15,16).